The summed E-state index contributed by atoms with van der Waals surface area (Å²) in [5, 5.41) is 5.55. The predicted molar refractivity (Wildman–Crippen MR) is 99.2 cm³/mol. The second-order valence-corrected chi connectivity index (χ2v) is 6.05. The first kappa shape index (κ1) is 18.8. The molecule has 7 heteroatoms. The van der Waals surface area contributed by atoms with Crippen molar-refractivity contribution in [2.45, 2.75) is 13.5 Å². The lowest BCUT2D eigenvalue weighted by Crippen LogP contribution is -2.23. The minimum Gasteiger partial charge on any atom is -0.495 e. The van der Waals surface area contributed by atoms with Crippen molar-refractivity contribution in [2.24, 2.45) is 0 Å². The van der Waals surface area contributed by atoms with Gasteiger partial charge in [-0.2, -0.15) is 0 Å². The van der Waals surface area contributed by atoms with Gasteiger partial charge in [-0.3, -0.25) is 9.59 Å². The van der Waals surface area contributed by atoms with E-state index in [4.69, 9.17) is 9.47 Å². The number of amides is 2. The van der Waals surface area contributed by atoms with E-state index in [1.807, 2.05) is 18.2 Å². The number of hydrogen-bond acceptors (Lipinski definition) is 4. The van der Waals surface area contributed by atoms with E-state index in [1.165, 1.54) is 21.1 Å². The van der Waals surface area contributed by atoms with Crippen molar-refractivity contribution in [1.29, 1.82) is 0 Å². The molecule has 0 atom stereocenters. The summed E-state index contributed by atoms with van der Waals surface area (Å²) >= 11 is 3.37. The Morgan fingerprint density at radius 1 is 1.08 bits per heavy atom. The molecule has 0 saturated heterocycles. The SMILES string of the molecule is COc1cc(C(=O)NCc2cccc(NC(C)=O)c2)cc(OC)c1Br. The number of hydrogen-bond donors (Lipinski definition) is 2. The van der Waals surface area contributed by atoms with E-state index >= 15 is 0 Å². The van der Waals surface area contributed by atoms with Crippen LogP contribution in [0.2, 0.25) is 0 Å². The Morgan fingerprint density at radius 2 is 1.72 bits per heavy atom. The molecule has 0 bridgehead atoms. The number of methoxy groups -OCH3 is 2. The van der Waals surface area contributed by atoms with Gasteiger partial charge >= 0.3 is 0 Å². The van der Waals surface area contributed by atoms with Crippen LogP contribution in [0.1, 0.15) is 22.8 Å². The highest BCUT2D eigenvalue weighted by Gasteiger charge is 2.14. The van der Waals surface area contributed by atoms with Crippen molar-refractivity contribution >= 4 is 33.4 Å². The molecular weight excluding hydrogens is 388 g/mol. The van der Waals surface area contributed by atoms with Gasteiger partial charge in [0, 0.05) is 24.7 Å². The fourth-order valence-electron chi connectivity index (χ4n) is 2.25. The predicted octanol–water partition coefficient (Wildman–Crippen LogP) is 3.35. The molecule has 0 aliphatic heterocycles. The van der Waals surface area contributed by atoms with E-state index < -0.39 is 0 Å². The van der Waals surface area contributed by atoms with Gasteiger partial charge in [-0.25, -0.2) is 0 Å². The molecule has 0 heterocycles. The van der Waals surface area contributed by atoms with E-state index in [0.717, 1.165) is 5.56 Å². The molecule has 0 aromatic heterocycles. The van der Waals surface area contributed by atoms with E-state index in [1.54, 1.807) is 18.2 Å². The Balaban J connectivity index is 2.11. The van der Waals surface area contributed by atoms with Crippen LogP contribution in [0, 0.1) is 0 Å². The maximum atomic E-state index is 12.4. The molecule has 2 aromatic carbocycles. The zero-order chi connectivity index (χ0) is 18.4. The van der Waals surface area contributed by atoms with Crippen molar-refractivity contribution in [1.82, 2.24) is 5.32 Å². The first-order valence-electron chi connectivity index (χ1n) is 7.51. The van der Waals surface area contributed by atoms with Gasteiger partial charge < -0.3 is 20.1 Å². The minimum absolute atomic E-state index is 0.143. The summed E-state index contributed by atoms with van der Waals surface area (Å²) in [6.45, 7) is 1.77. The molecule has 132 valence electrons. The smallest absolute Gasteiger partial charge is 0.251 e. The molecule has 0 saturated carbocycles. The average molecular weight is 407 g/mol. The summed E-state index contributed by atoms with van der Waals surface area (Å²) in [4.78, 5) is 23.5. The molecule has 2 N–H and O–H groups in total. The molecule has 0 aliphatic rings. The molecule has 25 heavy (non-hydrogen) atoms. The number of benzene rings is 2. The van der Waals surface area contributed by atoms with Gasteiger partial charge in [0.2, 0.25) is 5.91 Å². The van der Waals surface area contributed by atoms with E-state index in [-0.39, 0.29) is 11.8 Å². The van der Waals surface area contributed by atoms with Gasteiger partial charge in [-0.05, 0) is 45.8 Å². The standard InChI is InChI=1S/C18H19BrN2O4/c1-11(22)21-14-6-4-5-12(7-14)10-20-18(23)13-8-15(24-2)17(19)16(9-13)25-3/h4-9H,10H2,1-3H3,(H,20,23)(H,21,22). The highest BCUT2D eigenvalue weighted by atomic mass is 79.9. The summed E-state index contributed by atoms with van der Waals surface area (Å²) < 4.78 is 11.1. The highest BCUT2D eigenvalue weighted by Crippen LogP contribution is 2.35. The van der Waals surface area contributed by atoms with Crippen LogP contribution in [-0.2, 0) is 11.3 Å². The van der Waals surface area contributed by atoms with Gasteiger partial charge in [-0.15, -0.1) is 0 Å². The normalized spacial score (nSPS) is 10.1. The molecule has 0 spiro atoms. The molecule has 2 rings (SSSR count). The minimum atomic E-state index is -0.256. The number of ether oxygens (including phenoxy) is 2. The second kappa shape index (κ2) is 8.53. The summed E-state index contributed by atoms with van der Waals surface area (Å²) in [6.07, 6.45) is 0. The molecule has 2 amide bonds. The molecular formula is C18H19BrN2O4. The van der Waals surface area contributed by atoms with E-state index in [9.17, 15) is 9.59 Å². The van der Waals surface area contributed by atoms with Crippen molar-refractivity contribution in [2.75, 3.05) is 19.5 Å². The van der Waals surface area contributed by atoms with Crippen LogP contribution in [0.15, 0.2) is 40.9 Å². The zero-order valence-electron chi connectivity index (χ0n) is 14.2. The fourth-order valence-corrected chi connectivity index (χ4v) is 2.80. The number of anilines is 1. The van der Waals surface area contributed by atoms with Crippen molar-refractivity contribution in [3.05, 3.63) is 52.0 Å². The molecule has 6 nitrogen and oxygen atoms in total. The van der Waals surface area contributed by atoms with Crippen LogP contribution in [0.3, 0.4) is 0 Å². The van der Waals surface area contributed by atoms with Gasteiger partial charge in [0.15, 0.2) is 0 Å². The third-order valence-electron chi connectivity index (χ3n) is 3.41. The Bertz CT molecular complexity index is 767. The van der Waals surface area contributed by atoms with Crippen molar-refractivity contribution < 1.29 is 19.1 Å². The maximum absolute atomic E-state index is 12.4. The lowest BCUT2D eigenvalue weighted by Gasteiger charge is -2.12. The zero-order valence-corrected chi connectivity index (χ0v) is 15.8. The van der Waals surface area contributed by atoms with Crippen molar-refractivity contribution in [3.63, 3.8) is 0 Å². The lowest BCUT2D eigenvalue weighted by atomic mass is 10.1. The van der Waals surface area contributed by atoms with Gasteiger partial charge in [0.1, 0.15) is 16.0 Å². The van der Waals surface area contributed by atoms with Crippen LogP contribution < -0.4 is 20.1 Å². The molecule has 0 unspecified atom stereocenters. The second-order valence-electron chi connectivity index (χ2n) is 5.26. The van der Waals surface area contributed by atoms with Crippen LogP contribution in [-0.4, -0.2) is 26.0 Å². The number of carbonyl (C=O) groups excluding carboxylic acids is 2. The van der Waals surface area contributed by atoms with Crippen LogP contribution >= 0.6 is 15.9 Å². The number of halogens is 1. The Hall–Kier alpha value is -2.54. The topological polar surface area (TPSA) is 76.7 Å². The Labute approximate surface area is 154 Å². The maximum Gasteiger partial charge on any atom is 0.251 e. The third kappa shape index (κ3) is 4.96. The summed E-state index contributed by atoms with van der Waals surface area (Å²) in [7, 11) is 3.05. The molecule has 2 aromatic rings. The quantitative estimate of drug-likeness (QED) is 0.770. The summed E-state index contributed by atoms with van der Waals surface area (Å²) in [5.74, 6) is 0.624. The Kier molecular flexibility index (Phi) is 6.41. The number of rotatable bonds is 6. The van der Waals surface area contributed by atoms with Crippen LogP contribution in [0.4, 0.5) is 5.69 Å². The number of nitrogens with one attached hydrogen (secondary N) is 2. The summed E-state index contributed by atoms with van der Waals surface area (Å²) in [6, 6.07) is 10.6. The van der Waals surface area contributed by atoms with E-state index in [0.29, 0.717) is 33.8 Å². The van der Waals surface area contributed by atoms with Crippen LogP contribution in [0.25, 0.3) is 0 Å². The van der Waals surface area contributed by atoms with Crippen molar-refractivity contribution in [3.8, 4) is 11.5 Å². The van der Waals surface area contributed by atoms with Crippen LogP contribution in [0.5, 0.6) is 11.5 Å². The van der Waals surface area contributed by atoms with Gasteiger partial charge in [-0.1, -0.05) is 12.1 Å². The van der Waals surface area contributed by atoms with Gasteiger partial charge in [0.05, 0.1) is 14.2 Å². The first-order valence-corrected chi connectivity index (χ1v) is 8.30. The molecule has 0 fully saturated rings. The monoisotopic (exact) mass is 406 g/mol. The molecule has 0 aliphatic carbocycles. The molecule has 0 radical (unpaired) electrons. The largest absolute Gasteiger partial charge is 0.495 e. The van der Waals surface area contributed by atoms with E-state index in [2.05, 4.69) is 26.6 Å². The lowest BCUT2D eigenvalue weighted by molar-refractivity contribution is -0.114. The fraction of sp³-hybridized carbons (Fsp3) is 0.222. The van der Waals surface area contributed by atoms with Gasteiger partial charge in [0.25, 0.3) is 5.91 Å². The highest BCUT2D eigenvalue weighted by molar-refractivity contribution is 9.10. The summed E-state index contributed by atoms with van der Waals surface area (Å²) in [5.41, 5.74) is 1.98. The Morgan fingerprint density at radius 3 is 2.28 bits per heavy atom. The third-order valence-corrected chi connectivity index (χ3v) is 4.19. The first-order chi connectivity index (χ1) is 11.9. The average Bonchev–Trinajstić information content (AvgIpc) is 2.59. The number of carbonyl (C=O) groups is 2.